The fourth-order valence-corrected chi connectivity index (χ4v) is 4.27. The molecule has 1 aromatic rings. The van der Waals surface area contributed by atoms with Crippen LogP contribution in [0.1, 0.15) is 24.8 Å². The molecule has 2 aliphatic rings. The fourth-order valence-electron chi connectivity index (χ4n) is 3.02. The molecule has 2 nitrogen and oxygen atoms in total. The van der Waals surface area contributed by atoms with E-state index in [9.17, 15) is 0 Å². The summed E-state index contributed by atoms with van der Waals surface area (Å²) in [6.07, 6.45) is 1.31. The van der Waals surface area contributed by atoms with Crippen LogP contribution in [0.15, 0.2) is 24.3 Å². The number of anilines is 1. The number of nitrogens with one attached hydrogen (secondary N) is 1. The number of hydrogen-bond donors (Lipinski definition) is 1. The third kappa shape index (κ3) is 2.52. The molecule has 3 heteroatoms. The van der Waals surface area contributed by atoms with Crippen molar-refractivity contribution in [3.05, 3.63) is 29.8 Å². The second kappa shape index (κ2) is 5.54. The zero-order valence-corrected chi connectivity index (χ0v) is 11.9. The van der Waals surface area contributed by atoms with Gasteiger partial charge in [0.15, 0.2) is 0 Å². The van der Waals surface area contributed by atoms with Gasteiger partial charge in [0.05, 0.1) is 0 Å². The molecule has 1 aromatic carbocycles. The number of para-hydroxylation sites is 1. The van der Waals surface area contributed by atoms with E-state index in [2.05, 4.69) is 53.2 Å². The van der Waals surface area contributed by atoms with Crippen molar-refractivity contribution in [1.82, 2.24) is 4.90 Å². The molecule has 2 atom stereocenters. The Morgan fingerprint density at radius 2 is 2.28 bits per heavy atom. The number of benzene rings is 1. The quantitative estimate of drug-likeness (QED) is 0.901. The van der Waals surface area contributed by atoms with Crippen LogP contribution >= 0.6 is 11.8 Å². The summed E-state index contributed by atoms with van der Waals surface area (Å²) in [7, 11) is 0. The lowest BCUT2D eigenvalue weighted by atomic mass is 10.0. The third-order valence-electron chi connectivity index (χ3n) is 4.10. The highest BCUT2D eigenvalue weighted by atomic mass is 32.2. The summed E-state index contributed by atoms with van der Waals surface area (Å²) >= 11 is 2.15. The zero-order chi connectivity index (χ0) is 12.4. The van der Waals surface area contributed by atoms with Crippen LogP contribution in [0.25, 0.3) is 0 Å². The predicted molar refractivity (Wildman–Crippen MR) is 80.6 cm³/mol. The Balaban J connectivity index is 1.64. The average molecular weight is 262 g/mol. The van der Waals surface area contributed by atoms with Gasteiger partial charge in [0.25, 0.3) is 0 Å². The van der Waals surface area contributed by atoms with Gasteiger partial charge in [-0.1, -0.05) is 25.1 Å². The summed E-state index contributed by atoms with van der Waals surface area (Å²) in [5.74, 6) is 1.99. The van der Waals surface area contributed by atoms with Gasteiger partial charge in [0.1, 0.15) is 0 Å². The van der Waals surface area contributed by atoms with Crippen LogP contribution in [0.3, 0.4) is 0 Å². The van der Waals surface area contributed by atoms with Crippen LogP contribution in [0.2, 0.25) is 0 Å². The normalized spacial score (nSPS) is 27.8. The Hall–Kier alpha value is -0.670. The van der Waals surface area contributed by atoms with E-state index in [1.807, 2.05) is 0 Å². The average Bonchev–Trinajstić information content (AvgIpc) is 2.83. The maximum Gasteiger partial charge on any atom is 0.0376 e. The molecule has 0 aliphatic carbocycles. The van der Waals surface area contributed by atoms with Crippen molar-refractivity contribution in [3.8, 4) is 0 Å². The van der Waals surface area contributed by atoms with Gasteiger partial charge in [-0.05, 0) is 18.1 Å². The summed E-state index contributed by atoms with van der Waals surface area (Å²) in [6.45, 7) is 7.19. The van der Waals surface area contributed by atoms with Gasteiger partial charge in [-0.2, -0.15) is 11.8 Å². The van der Waals surface area contributed by atoms with Gasteiger partial charge < -0.3 is 10.2 Å². The van der Waals surface area contributed by atoms with E-state index in [1.54, 1.807) is 0 Å². The molecule has 2 heterocycles. The van der Waals surface area contributed by atoms with Crippen LogP contribution < -0.4 is 5.32 Å². The number of hydrogen-bond acceptors (Lipinski definition) is 3. The molecule has 1 fully saturated rings. The Labute approximate surface area is 114 Å². The van der Waals surface area contributed by atoms with Crippen molar-refractivity contribution < 1.29 is 0 Å². The maximum atomic E-state index is 3.53. The molecule has 0 bridgehead atoms. The molecule has 2 unspecified atom stereocenters. The molecule has 0 aromatic heterocycles. The molecule has 0 spiro atoms. The van der Waals surface area contributed by atoms with Crippen LogP contribution in [-0.4, -0.2) is 42.1 Å². The van der Waals surface area contributed by atoms with E-state index in [-0.39, 0.29) is 0 Å². The largest absolute Gasteiger partial charge is 0.384 e. The van der Waals surface area contributed by atoms with E-state index in [4.69, 9.17) is 0 Å². The van der Waals surface area contributed by atoms with Gasteiger partial charge in [-0.15, -0.1) is 0 Å². The standard InChI is InChI=1S/C15H22N2S/c1-2-13-11-17(7-8-18-13)10-12-9-16-15-6-4-3-5-14(12)15/h3-6,12-13,16H,2,7-11H2,1H3. The lowest BCUT2D eigenvalue weighted by Gasteiger charge is -2.33. The van der Waals surface area contributed by atoms with Crippen LogP contribution in [0.5, 0.6) is 0 Å². The molecule has 98 valence electrons. The topological polar surface area (TPSA) is 15.3 Å². The summed E-state index contributed by atoms with van der Waals surface area (Å²) < 4.78 is 0. The minimum atomic E-state index is 0.682. The first-order valence-corrected chi connectivity index (χ1v) is 8.08. The van der Waals surface area contributed by atoms with E-state index >= 15 is 0 Å². The van der Waals surface area contributed by atoms with Gasteiger partial charge >= 0.3 is 0 Å². The van der Waals surface area contributed by atoms with Gasteiger partial charge in [-0.3, -0.25) is 0 Å². The third-order valence-corrected chi connectivity index (χ3v) is 5.47. The summed E-state index contributed by atoms with van der Waals surface area (Å²) in [6, 6.07) is 8.78. The highest BCUT2D eigenvalue weighted by molar-refractivity contribution is 8.00. The Morgan fingerprint density at radius 3 is 3.17 bits per heavy atom. The molecule has 1 saturated heterocycles. The molecule has 2 aliphatic heterocycles. The van der Waals surface area contributed by atoms with Gasteiger partial charge in [0, 0.05) is 48.8 Å². The summed E-state index contributed by atoms with van der Waals surface area (Å²) in [5.41, 5.74) is 2.87. The van der Waals surface area contributed by atoms with E-state index < -0.39 is 0 Å². The highest BCUT2D eigenvalue weighted by Crippen LogP contribution is 2.32. The second-order valence-electron chi connectivity index (χ2n) is 5.33. The molecule has 18 heavy (non-hydrogen) atoms. The number of rotatable bonds is 3. The van der Waals surface area contributed by atoms with Crippen LogP contribution in [-0.2, 0) is 0 Å². The summed E-state index contributed by atoms with van der Waals surface area (Å²) in [5, 5.41) is 4.38. The Morgan fingerprint density at radius 1 is 1.39 bits per heavy atom. The van der Waals surface area contributed by atoms with Crippen molar-refractivity contribution in [2.75, 3.05) is 37.2 Å². The van der Waals surface area contributed by atoms with Crippen molar-refractivity contribution in [2.24, 2.45) is 0 Å². The number of fused-ring (bicyclic) bond motifs is 1. The van der Waals surface area contributed by atoms with Crippen molar-refractivity contribution in [1.29, 1.82) is 0 Å². The number of nitrogens with zero attached hydrogens (tertiary/aromatic N) is 1. The van der Waals surface area contributed by atoms with Crippen molar-refractivity contribution in [2.45, 2.75) is 24.5 Å². The van der Waals surface area contributed by atoms with E-state index in [0.29, 0.717) is 5.92 Å². The van der Waals surface area contributed by atoms with E-state index in [0.717, 1.165) is 11.8 Å². The monoisotopic (exact) mass is 262 g/mol. The van der Waals surface area contributed by atoms with Crippen LogP contribution in [0.4, 0.5) is 5.69 Å². The smallest absolute Gasteiger partial charge is 0.0376 e. The first-order valence-electron chi connectivity index (χ1n) is 7.03. The second-order valence-corrected chi connectivity index (χ2v) is 6.73. The minimum Gasteiger partial charge on any atom is -0.384 e. The zero-order valence-electron chi connectivity index (χ0n) is 11.1. The maximum absolute atomic E-state index is 3.53. The first-order chi connectivity index (χ1) is 8.86. The Kier molecular flexibility index (Phi) is 3.80. The molecule has 0 saturated carbocycles. The molecule has 0 radical (unpaired) electrons. The van der Waals surface area contributed by atoms with Gasteiger partial charge in [0.2, 0.25) is 0 Å². The highest BCUT2D eigenvalue weighted by Gasteiger charge is 2.26. The first kappa shape index (κ1) is 12.4. The van der Waals surface area contributed by atoms with Crippen molar-refractivity contribution >= 4 is 17.4 Å². The van der Waals surface area contributed by atoms with Gasteiger partial charge in [-0.25, -0.2) is 0 Å². The molecule has 1 N–H and O–H groups in total. The lowest BCUT2D eigenvalue weighted by Crippen LogP contribution is -2.40. The molecular formula is C15H22N2S. The lowest BCUT2D eigenvalue weighted by molar-refractivity contribution is 0.268. The SMILES string of the molecule is CCC1CN(CC2CNc3ccccc32)CCS1. The molecule has 0 amide bonds. The van der Waals surface area contributed by atoms with E-state index in [1.165, 1.54) is 43.1 Å². The predicted octanol–water partition coefficient (Wildman–Crippen LogP) is 3.02. The molecule has 3 rings (SSSR count). The fraction of sp³-hybridized carbons (Fsp3) is 0.600. The van der Waals surface area contributed by atoms with Crippen LogP contribution in [0, 0.1) is 0 Å². The Bertz CT molecular complexity index is 407. The van der Waals surface area contributed by atoms with Crippen molar-refractivity contribution in [3.63, 3.8) is 0 Å². The summed E-state index contributed by atoms with van der Waals surface area (Å²) in [4.78, 5) is 2.67. The molecular weight excluding hydrogens is 240 g/mol. The number of thioether (sulfide) groups is 1. The minimum absolute atomic E-state index is 0.682.